The van der Waals surface area contributed by atoms with E-state index in [0.29, 0.717) is 5.56 Å². The van der Waals surface area contributed by atoms with Gasteiger partial charge in [0.2, 0.25) is 0 Å². The van der Waals surface area contributed by atoms with E-state index >= 15 is 0 Å². The fourth-order valence-electron chi connectivity index (χ4n) is 3.03. The number of benzene rings is 1. The highest BCUT2D eigenvalue weighted by molar-refractivity contribution is 7.05. The largest absolute Gasteiger partial charge is 0.388 e. The number of aryl methyl sites for hydroxylation is 2. The number of pyridine rings is 1. The summed E-state index contributed by atoms with van der Waals surface area (Å²) in [5.41, 5.74) is 3.00. The molecule has 2 atom stereocenters. The first-order chi connectivity index (χ1) is 14.5. The molecular weight excluding hydrogens is 415 g/mol. The minimum Gasteiger partial charge on any atom is -0.388 e. The molecule has 2 heterocycles. The van der Waals surface area contributed by atoms with Crippen molar-refractivity contribution in [3.8, 4) is 11.1 Å². The normalized spacial score (nSPS) is 13.4. The number of hydrogen-bond donors (Lipinski definition) is 1. The van der Waals surface area contributed by atoms with Crippen LogP contribution >= 0.6 is 11.5 Å². The molecule has 5 nitrogen and oxygen atoms in total. The van der Waals surface area contributed by atoms with Crippen LogP contribution in [-0.2, 0) is 17.6 Å². The molecule has 158 valence electrons. The summed E-state index contributed by atoms with van der Waals surface area (Å²) in [6.45, 7) is -1.07. The lowest BCUT2D eigenvalue weighted by molar-refractivity contribution is -0.131. The molecule has 30 heavy (non-hydrogen) atoms. The second kappa shape index (κ2) is 10.4. The Hall–Kier alpha value is -2.65. The number of aromatic nitrogens is 3. The highest BCUT2D eigenvalue weighted by Crippen LogP contribution is 2.28. The van der Waals surface area contributed by atoms with Crippen molar-refractivity contribution < 1.29 is 23.1 Å². The second-order valence-electron chi connectivity index (χ2n) is 6.83. The smallest absolute Gasteiger partial charge is 0.295 e. The van der Waals surface area contributed by atoms with Gasteiger partial charge in [-0.15, -0.1) is 0 Å². The number of nitrogens with zero attached hydrogens (tertiary/aromatic N) is 3. The number of rotatable bonds is 10. The Bertz CT molecular complexity index is 935. The molecule has 0 radical (unpaired) electrons. The summed E-state index contributed by atoms with van der Waals surface area (Å²) in [4.78, 5) is 19.8. The molecule has 3 rings (SSSR count). The number of alkyl halides is 3. The number of halogens is 3. The van der Waals surface area contributed by atoms with E-state index in [4.69, 9.17) is 0 Å². The summed E-state index contributed by atoms with van der Waals surface area (Å²) >= 11 is 1.37. The quantitative estimate of drug-likeness (QED) is 0.516. The monoisotopic (exact) mass is 435 g/mol. The van der Waals surface area contributed by atoms with Crippen molar-refractivity contribution in [1.29, 1.82) is 0 Å². The van der Waals surface area contributed by atoms with Gasteiger partial charge in [-0.05, 0) is 35.1 Å². The van der Waals surface area contributed by atoms with E-state index in [-0.39, 0.29) is 0 Å². The number of carbonyl (C=O) groups is 1. The van der Waals surface area contributed by atoms with Crippen molar-refractivity contribution in [3.63, 3.8) is 0 Å². The lowest BCUT2D eigenvalue weighted by Gasteiger charge is -2.20. The van der Waals surface area contributed by atoms with Gasteiger partial charge in [0.1, 0.15) is 11.3 Å². The van der Waals surface area contributed by atoms with Crippen molar-refractivity contribution in [3.05, 3.63) is 65.2 Å². The zero-order valence-electron chi connectivity index (χ0n) is 15.9. The molecule has 0 bridgehead atoms. The first-order valence-corrected chi connectivity index (χ1v) is 10.1. The van der Waals surface area contributed by atoms with Gasteiger partial charge in [-0.3, -0.25) is 14.2 Å². The van der Waals surface area contributed by atoms with Crippen LogP contribution < -0.4 is 0 Å². The molecule has 0 spiro atoms. The van der Waals surface area contributed by atoms with Crippen molar-refractivity contribution in [2.75, 3.05) is 6.67 Å². The Labute approximate surface area is 175 Å². The molecule has 9 heteroatoms. The molecule has 0 aliphatic carbocycles. The van der Waals surface area contributed by atoms with Crippen LogP contribution in [0.25, 0.3) is 11.1 Å². The van der Waals surface area contributed by atoms with Crippen LogP contribution in [0.5, 0.6) is 0 Å². The molecule has 3 aromatic rings. The zero-order chi connectivity index (χ0) is 21.5. The highest BCUT2D eigenvalue weighted by atomic mass is 32.1. The van der Waals surface area contributed by atoms with Gasteiger partial charge in [0.15, 0.2) is 5.78 Å². The van der Waals surface area contributed by atoms with Crippen LogP contribution in [0.4, 0.5) is 13.2 Å². The van der Waals surface area contributed by atoms with Crippen molar-refractivity contribution in [1.82, 2.24) is 14.3 Å². The van der Waals surface area contributed by atoms with E-state index in [9.17, 15) is 23.1 Å². The Kier molecular flexibility index (Phi) is 7.64. The molecule has 0 saturated heterocycles. The number of carbonyl (C=O) groups excluding carboxylic acids is 1. The average Bonchev–Trinajstić information content (AvgIpc) is 3.29. The van der Waals surface area contributed by atoms with Crippen molar-refractivity contribution in [2.45, 2.75) is 31.8 Å². The molecule has 0 aliphatic rings. The minimum absolute atomic E-state index is 0.366. The maximum atomic E-state index is 13.2. The Morgan fingerprint density at radius 1 is 1.03 bits per heavy atom. The molecular formula is C21H20F3N3O2S. The number of aliphatic hydroxyl groups excluding tert-OH is 1. The summed E-state index contributed by atoms with van der Waals surface area (Å²) in [5, 5.41) is 11.2. The predicted molar refractivity (Wildman–Crippen MR) is 107 cm³/mol. The van der Waals surface area contributed by atoms with Crippen LogP contribution in [0.15, 0.2) is 48.9 Å². The summed E-state index contributed by atoms with van der Waals surface area (Å²) < 4.78 is 42.0. The molecule has 0 unspecified atom stereocenters. The van der Waals surface area contributed by atoms with Crippen LogP contribution in [0.1, 0.15) is 28.8 Å². The fraction of sp³-hybridized carbons (Fsp3) is 0.333. The number of Topliss-reactive ketones (excluding diaryl/α,β-unsaturated/α-hetero) is 1. The van der Waals surface area contributed by atoms with Crippen molar-refractivity contribution >= 4 is 17.3 Å². The summed E-state index contributed by atoms with van der Waals surface area (Å²) in [6.07, 6.45) is -0.416. The van der Waals surface area contributed by atoms with Gasteiger partial charge in [0.05, 0.1) is 12.8 Å². The van der Waals surface area contributed by atoms with E-state index in [2.05, 4.69) is 14.3 Å². The third-order valence-corrected chi connectivity index (χ3v) is 5.48. The van der Waals surface area contributed by atoms with Gasteiger partial charge < -0.3 is 5.11 Å². The molecule has 1 aromatic carbocycles. The highest BCUT2D eigenvalue weighted by Gasteiger charge is 2.27. The molecule has 0 amide bonds. The molecule has 0 saturated carbocycles. The van der Waals surface area contributed by atoms with Gasteiger partial charge in [-0.25, -0.2) is 13.8 Å². The van der Waals surface area contributed by atoms with E-state index in [1.54, 1.807) is 30.5 Å². The van der Waals surface area contributed by atoms with Gasteiger partial charge in [-0.2, -0.15) is 4.37 Å². The maximum Gasteiger partial charge on any atom is 0.295 e. The predicted octanol–water partition coefficient (Wildman–Crippen LogP) is 4.23. The molecule has 2 aromatic heterocycles. The van der Waals surface area contributed by atoms with Gasteiger partial charge in [0, 0.05) is 36.2 Å². The van der Waals surface area contributed by atoms with E-state index in [0.717, 1.165) is 34.7 Å². The molecule has 0 fully saturated rings. The van der Waals surface area contributed by atoms with Crippen LogP contribution in [0.3, 0.4) is 0 Å². The van der Waals surface area contributed by atoms with Gasteiger partial charge in [0.25, 0.3) is 6.43 Å². The Morgan fingerprint density at radius 2 is 1.77 bits per heavy atom. The fourth-order valence-corrected chi connectivity index (χ4v) is 3.53. The van der Waals surface area contributed by atoms with Gasteiger partial charge >= 0.3 is 0 Å². The van der Waals surface area contributed by atoms with Crippen LogP contribution in [0.2, 0.25) is 0 Å². The summed E-state index contributed by atoms with van der Waals surface area (Å²) in [5.74, 6) is -2.57. The van der Waals surface area contributed by atoms with Crippen LogP contribution in [-0.4, -0.2) is 38.3 Å². The Balaban J connectivity index is 1.63. The first-order valence-electron chi connectivity index (χ1n) is 9.33. The number of aliphatic hydroxyl groups is 1. The molecule has 1 N–H and O–H groups in total. The summed E-state index contributed by atoms with van der Waals surface area (Å²) in [7, 11) is 0. The SMILES string of the molecule is O=C(C[C@H](CF)[C@H](O)c1ccc(-c2ccc(CCc3ncns3)nc2)cc1)C(F)F. The number of ketones is 1. The standard InChI is InChI=1S/C21H20F3N3O2S/c22-10-16(9-18(28)21(23)24)20(29)14-3-1-13(2-4-14)15-5-6-17(25-11-15)7-8-19-26-12-27-30-19/h1-6,11-12,16,20-21,29H,7-10H2/t16-,20-/m1/s1. The van der Waals surface area contributed by atoms with E-state index < -0.39 is 37.3 Å². The van der Waals surface area contributed by atoms with Gasteiger partial charge in [-0.1, -0.05) is 30.3 Å². The maximum absolute atomic E-state index is 13.2. The topological polar surface area (TPSA) is 76.0 Å². The minimum atomic E-state index is -3.16. The zero-order valence-corrected chi connectivity index (χ0v) is 16.7. The van der Waals surface area contributed by atoms with E-state index in [1.807, 2.05) is 12.1 Å². The summed E-state index contributed by atoms with van der Waals surface area (Å²) in [6, 6.07) is 10.5. The lowest BCUT2D eigenvalue weighted by Crippen LogP contribution is -2.22. The van der Waals surface area contributed by atoms with Crippen LogP contribution in [0, 0.1) is 5.92 Å². The third kappa shape index (κ3) is 5.70. The van der Waals surface area contributed by atoms with E-state index in [1.165, 1.54) is 17.9 Å². The average molecular weight is 435 g/mol. The third-order valence-electron chi connectivity index (χ3n) is 4.76. The second-order valence-corrected chi connectivity index (χ2v) is 7.69. The lowest BCUT2D eigenvalue weighted by atomic mass is 9.91. The van der Waals surface area contributed by atoms with Crippen molar-refractivity contribution in [2.24, 2.45) is 5.92 Å². The number of hydrogen-bond acceptors (Lipinski definition) is 6. The Morgan fingerprint density at radius 3 is 2.33 bits per heavy atom. The first kappa shape index (κ1) is 22.0. The molecule has 0 aliphatic heterocycles.